The number of rotatable bonds is 7. The summed E-state index contributed by atoms with van der Waals surface area (Å²) in [7, 11) is 0. The molecule has 7 heteroatoms. The van der Waals surface area contributed by atoms with Crippen molar-refractivity contribution in [3.05, 3.63) is 36.0 Å². The lowest BCUT2D eigenvalue weighted by Gasteiger charge is -2.23. The molecule has 29 heavy (non-hydrogen) atoms. The summed E-state index contributed by atoms with van der Waals surface area (Å²) in [4.78, 5) is 27.0. The zero-order chi connectivity index (χ0) is 21.0. The van der Waals surface area contributed by atoms with Gasteiger partial charge in [-0.3, -0.25) is 9.59 Å². The molecule has 2 aromatic rings. The van der Waals surface area contributed by atoms with Crippen molar-refractivity contribution in [2.45, 2.75) is 46.8 Å². The van der Waals surface area contributed by atoms with Gasteiger partial charge in [-0.2, -0.15) is 0 Å². The van der Waals surface area contributed by atoms with Gasteiger partial charge in [-0.05, 0) is 36.1 Å². The summed E-state index contributed by atoms with van der Waals surface area (Å²) in [5.41, 5.74) is 2.86. The van der Waals surface area contributed by atoms with Crippen LogP contribution in [-0.4, -0.2) is 29.4 Å². The number of anilines is 1. The smallest absolute Gasteiger partial charge is 0.222 e. The number of hydrogen-bond donors (Lipinski definition) is 2. The van der Waals surface area contributed by atoms with E-state index in [2.05, 4.69) is 29.5 Å². The Bertz CT molecular complexity index is 911. The zero-order valence-corrected chi connectivity index (χ0v) is 17.2. The van der Waals surface area contributed by atoms with Crippen molar-refractivity contribution in [2.24, 2.45) is 5.92 Å². The van der Waals surface area contributed by atoms with Gasteiger partial charge in [-0.25, -0.2) is 4.98 Å². The monoisotopic (exact) mass is 397 g/mol. The Labute approximate surface area is 170 Å². The number of nitrogens with one attached hydrogen (secondary N) is 2. The van der Waals surface area contributed by atoms with Crippen molar-refractivity contribution >= 4 is 17.6 Å². The first-order valence-electron chi connectivity index (χ1n) is 9.75. The first-order chi connectivity index (χ1) is 13.8. The van der Waals surface area contributed by atoms with Crippen LogP contribution in [0.25, 0.3) is 11.1 Å². The molecular formula is C22H27N3O4. The highest BCUT2D eigenvalue weighted by Crippen LogP contribution is 2.40. The Kier molecular flexibility index (Phi) is 6.36. The van der Waals surface area contributed by atoms with E-state index in [1.165, 1.54) is 13.8 Å². The predicted molar refractivity (Wildman–Crippen MR) is 111 cm³/mol. The Hall–Kier alpha value is -3.09. The van der Waals surface area contributed by atoms with Gasteiger partial charge in [0.15, 0.2) is 0 Å². The number of benzene rings is 1. The van der Waals surface area contributed by atoms with E-state index in [9.17, 15) is 9.59 Å². The Morgan fingerprint density at radius 3 is 2.66 bits per heavy atom. The molecule has 0 radical (unpaired) electrons. The summed E-state index contributed by atoms with van der Waals surface area (Å²) < 4.78 is 11.8. The number of amides is 2. The zero-order valence-electron chi connectivity index (χ0n) is 17.2. The molecule has 0 fully saturated rings. The third-order valence-corrected chi connectivity index (χ3v) is 4.53. The molecule has 1 unspecified atom stereocenters. The fraction of sp³-hybridized carbons (Fsp3) is 0.409. The van der Waals surface area contributed by atoms with E-state index in [0.717, 1.165) is 28.9 Å². The van der Waals surface area contributed by atoms with Gasteiger partial charge in [-0.1, -0.05) is 13.8 Å². The van der Waals surface area contributed by atoms with Crippen LogP contribution in [0.1, 0.15) is 39.7 Å². The molecule has 1 aliphatic rings. The number of ether oxygens (including phenoxy) is 2. The molecule has 2 N–H and O–H groups in total. The maximum Gasteiger partial charge on any atom is 0.222 e. The highest BCUT2D eigenvalue weighted by atomic mass is 16.5. The average Bonchev–Trinajstić information content (AvgIpc) is 2.64. The molecule has 0 saturated carbocycles. The standard InChI is InChI=1S/C22H27N3O4/c1-13(2)7-17(24-14(3)26)12-28-18-5-6-19-20-9-22(25-15(4)27)23-10-16(20)11-29-21(19)8-18/h5-6,8-10,13,17H,7,11-12H2,1-4H3,(H,24,26)(H,23,25,27). The molecule has 0 spiro atoms. The molecule has 2 amide bonds. The molecule has 0 saturated heterocycles. The average molecular weight is 397 g/mol. The molecule has 1 aromatic heterocycles. The van der Waals surface area contributed by atoms with Crippen LogP contribution >= 0.6 is 0 Å². The number of hydrogen-bond acceptors (Lipinski definition) is 5. The molecular weight excluding hydrogens is 370 g/mol. The van der Waals surface area contributed by atoms with E-state index < -0.39 is 0 Å². The second-order valence-electron chi connectivity index (χ2n) is 7.69. The van der Waals surface area contributed by atoms with E-state index in [-0.39, 0.29) is 17.9 Å². The number of fused-ring (bicyclic) bond motifs is 3. The first-order valence-corrected chi connectivity index (χ1v) is 9.75. The molecule has 1 aliphatic heterocycles. The van der Waals surface area contributed by atoms with Crippen LogP contribution in [0.5, 0.6) is 11.5 Å². The van der Waals surface area contributed by atoms with Gasteiger partial charge in [0.05, 0.1) is 6.04 Å². The maximum absolute atomic E-state index is 11.4. The minimum absolute atomic E-state index is 0.0449. The lowest BCUT2D eigenvalue weighted by molar-refractivity contribution is -0.120. The molecule has 0 bridgehead atoms. The number of aromatic nitrogens is 1. The second-order valence-corrected chi connectivity index (χ2v) is 7.69. The van der Waals surface area contributed by atoms with E-state index in [1.807, 2.05) is 24.3 Å². The molecule has 3 rings (SSSR count). The van der Waals surface area contributed by atoms with Gasteiger partial charge in [0.25, 0.3) is 0 Å². The van der Waals surface area contributed by atoms with Gasteiger partial charge >= 0.3 is 0 Å². The maximum atomic E-state index is 11.4. The van der Waals surface area contributed by atoms with Crippen LogP contribution in [0.4, 0.5) is 5.82 Å². The third kappa shape index (κ3) is 5.47. The fourth-order valence-electron chi connectivity index (χ4n) is 3.41. The summed E-state index contributed by atoms with van der Waals surface area (Å²) in [6, 6.07) is 7.49. The van der Waals surface area contributed by atoms with E-state index in [1.54, 1.807) is 6.20 Å². The van der Waals surface area contributed by atoms with Crippen molar-refractivity contribution in [1.82, 2.24) is 10.3 Å². The number of carbonyl (C=O) groups excluding carboxylic acids is 2. The van der Waals surface area contributed by atoms with Crippen molar-refractivity contribution in [3.63, 3.8) is 0 Å². The van der Waals surface area contributed by atoms with Gasteiger partial charge < -0.3 is 20.1 Å². The minimum Gasteiger partial charge on any atom is -0.491 e. The van der Waals surface area contributed by atoms with Crippen LogP contribution in [0.15, 0.2) is 30.5 Å². The third-order valence-electron chi connectivity index (χ3n) is 4.53. The lowest BCUT2D eigenvalue weighted by atomic mass is 9.98. The van der Waals surface area contributed by atoms with Gasteiger partial charge in [-0.15, -0.1) is 0 Å². The highest BCUT2D eigenvalue weighted by Gasteiger charge is 2.20. The molecule has 0 aliphatic carbocycles. The van der Waals surface area contributed by atoms with E-state index >= 15 is 0 Å². The number of nitrogens with zero attached hydrogens (tertiary/aromatic N) is 1. The second kappa shape index (κ2) is 8.94. The SMILES string of the molecule is CC(=O)Nc1cc2c(cn1)COc1cc(OCC(CC(C)C)NC(C)=O)ccc1-2. The van der Waals surface area contributed by atoms with E-state index in [0.29, 0.717) is 30.7 Å². The van der Waals surface area contributed by atoms with Crippen LogP contribution in [-0.2, 0) is 16.2 Å². The van der Waals surface area contributed by atoms with Crippen LogP contribution in [0.3, 0.4) is 0 Å². The van der Waals surface area contributed by atoms with Gasteiger partial charge in [0.1, 0.15) is 30.5 Å². The Morgan fingerprint density at radius 1 is 1.17 bits per heavy atom. The van der Waals surface area contributed by atoms with E-state index in [4.69, 9.17) is 9.47 Å². The highest BCUT2D eigenvalue weighted by molar-refractivity contribution is 5.89. The van der Waals surface area contributed by atoms with Crippen molar-refractivity contribution in [1.29, 1.82) is 0 Å². The van der Waals surface area contributed by atoms with Crippen molar-refractivity contribution < 1.29 is 19.1 Å². The normalized spacial score (nSPS) is 13.0. The van der Waals surface area contributed by atoms with Crippen LogP contribution in [0.2, 0.25) is 0 Å². The van der Waals surface area contributed by atoms with Crippen LogP contribution < -0.4 is 20.1 Å². The topological polar surface area (TPSA) is 89.6 Å². The Balaban J connectivity index is 1.76. The summed E-state index contributed by atoms with van der Waals surface area (Å²) in [5, 5.41) is 5.65. The molecule has 7 nitrogen and oxygen atoms in total. The predicted octanol–water partition coefficient (Wildman–Crippen LogP) is 3.53. The minimum atomic E-state index is -0.163. The molecule has 154 valence electrons. The summed E-state index contributed by atoms with van der Waals surface area (Å²) in [5.74, 6) is 2.13. The Morgan fingerprint density at radius 2 is 1.97 bits per heavy atom. The molecule has 2 heterocycles. The molecule has 1 atom stereocenters. The summed E-state index contributed by atoms with van der Waals surface area (Å²) in [6.07, 6.45) is 2.56. The largest absolute Gasteiger partial charge is 0.491 e. The number of carbonyl (C=O) groups is 2. The summed E-state index contributed by atoms with van der Waals surface area (Å²) in [6.45, 7) is 7.99. The van der Waals surface area contributed by atoms with Crippen LogP contribution in [0, 0.1) is 5.92 Å². The number of pyridine rings is 1. The first kappa shape index (κ1) is 20.6. The summed E-state index contributed by atoms with van der Waals surface area (Å²) >= 11 is 0. The van der Waals surface area contributed by atoms with Gasteiger partial charge in [0, 0.05) is 37.2 Å². The molecule has 1 aromatic carbocycles. The lowest BCUT2D eigenvalue weighted by Crippen LogP contribution is -2.38. The van der Waals surface area contributed by atoms with Crippen molar-refractivity contribution in [3.8, 4) is 22.6 Å². The fourth-order valence-corrected chi connectivity index (χ4v) is 3.41. The quantitative estimate of drug-likeness (QED) is 0.746. The van der Waals surface area contributed by atoms with Crippen molar-refractivity contribution in [2.75, 3.05) is 11.9 Å². The van der Waals surface area contributed by atoms with Gasteiger partial charge in [0.2, 0.25) is 11.8 Å².